The third kappa shape index (κ3) is 4.28. The van der Waals surface area contributed by atoms with Crippen LogP contribution in [-0.4, -0.2) is 54.3 Å². The molecule has 3 aliphatic heterocycles. The summed E-state index contributed by atoms with van der Waals surface area (Å²) in [6.45, 7) is 2.22. The van der Waals surface area contributed by atoms with E-state index in [1.165, 1.54) is 4.90 Å². The number of benzene rings is 2. The van der Waals surface area contributed by atoms with E-state index in [0.29, 0.717) is 55.7 Å². The predicted octanol–water partition coefficient (Wildman–Crippen LogP) is 2.65. The molecule has 9 nitrogen and oxygen atoms in total. The summed E-state index contributed by atoms with van der Waals surface area (Å²) in [6.07, 6.45) is 2.15. The molecule has 0 spiro atoms. The molecule has 9 heteroatoms. The van der Waals surface area contributed by atoms with Crippen LogP contribution in [0, 0.1) is 0 Å². The molecule has 1 fully saturated rings. The van der Waals surface area contributed by atoms with Gasteiger partial charge in [0, 0.05) is 6.54 Å². The smallest absolute Gasteiger partial charge is 0.328 e. The van der Waals surface area contributed by atoms with Gasteiger partial charge < -0.3 is 29.6 Å². The van der Waals surface area contributed by atoms with Gasteiger partial charge in [-0.25, -0.2) is 4.79 Å². The van der Waals surface area contributed by atoms with Gasteiger partial charge >= 0.3 is 6.03 Å². The van der Waals surface area contributed by atoms with Crippen molar-refractivity contribution in [2.24, 2.45) is 5.73 Å². The number of nitrogens with two attached hydrogens (primary N) is 1. The van der Waals surface area contributed by atoms with Crippen molar-refractivity contribution in [2.75, 3.05) is 26.6 Å². The summed E-state index contributed by atoms with van der Waals surface area (Å²) in [5.74, 6) is 2.45. The predicted molar refractivity (Wildman–Crippen MR) is 118 cm³/mol. The second kappa shape index (κ2) is 9.19. The number of rotatable bonds is 8. The van der Waals surface area contributed by atoms with Gasteiger partial charge in [-0.2, -0.15) is 0 Å². The Morgan fingerprint density at radius 2 is 1.45 bits per heavy atom. The minimum absolute atomic E-state index is 0.174. The van der Waals surface area contributed by atoms with Crippen molar-refractivity contribution in [1.29, 1.82) is 0 Å². The number of urea groups is 1. The van der Waals surface area contributed by atoms with E-state index >= 15 is 0 Å². The number of unbranched alkanes of at least 4 members (excludes halogenated alkanes) is 1. The number of carbonyl (C=O) groups is 2. The molecule has 2 N–H and O–H groups in total. The number of hydrogen-bond acceptors (Lipinski definition) is 7. The Morgan fingerprint density at radius 3 is 2.21 bits per heavy atom. The molecule has 0 aliphatic carbocycles. The van der Waals surface area contributed by atoms with E-state index in [-0.39, 0.29) is 25.3 Å². The Bertz CT molecular complexity index is 1060. The Labute approximate surface area is 191 Å². The van der Waals surface area contributed by atoms with Crippen LogP contribution in [0.15, 0.2) is 36.4 Å². The maximum Gasteiger partial charge on any atom is 0.328 e. The molecule has 0 aromatic heterocycles. The minimum Gasteiger partial charge on any atom is -0.486 e. The van der Waals surface area contributed by atoms with Crippen LogP contribution >= 0.6 is 0 Å². The van der Waals surface area contributed by atoms with Crippen LogP contribution in [0.2, 0.25) is 0 Å². The zero-order valence-electron chi connectivity index (χ0n) is 18.3. The van der Waals surface area contributed by atoms with E-state index in [9.17, 15) is 9.59 Å². The summed E-state index contributed by atoms with van der Waals surface area (Å²) in [6, 6.07) is 10.3. The van der Waals surface area contributed by atoms with Crippen LogP contribution in [0.25, 0.3) is 0 Å². The first-order valence-corrected chi connectivity index (χ1v) is 11.2. The van der Waals surface area contributed by atoms with Gasteiger partial charge in [-0.15, -0.1) is 0 Å². The molecule has 3 heterocycles. The van der Waals surface area contributed by atoms with Gasteiger partial charge in [0.05, 0.1) is 6.54 Å². The van der Waals surface area contributed by atoms with Crippen molar-refractivity contribution < 1.29 is 28.5 Å². The molecule has 3 aliphatic rings. The SMILES string of the molecule is NCCCC[C@H]1C(=O)N(Cc2ccc3c(c2)OCO3)C(=O)N1Cc1ccc2c(c1)OCCO2. The maximum absolute atomic E-state index is 13.4. The molecule has 0 bridgehead atoms. The molecule has 2 aromatic rings. The zero-order valence-corrected chi connectivity index (χ0v) is 18.3. The van der Waals surface area contributed by atoms with Crippen LogP contribution in [0.4, 0.5) is 4.79 Å². The molecule has 0 unspecified atom stereocenters. The number of carbonyl (C=O) groups excluding carboxylic acids is 2. The monoisotopic (exact) mass is 453 g/mol. The van der Waals surface area contributed by atoms with Crippen molar-refractivity contribution in [2.45, 2.75) is 38.4 Å². The van der Waals surface area contributed by atoms with Crippen LogP contribution in [0.3, 0.4) is 0 Å². The number of nitrogens with zero attached hydrogens (tertiary/aromatic N) is 2. The van der Waals surface area contributed by atoms with Crippen LogP contribution in [0.5, 0.6) is 23.0 Å². The normalized spacial score (nSPS) is 18.9. The molecule has 3 amide bonds. The van der Waals surface area contributed by atoms with E-state index in [1.54, 1.807) is 11.0 Å². The average Bonchev–Trinajstić information content (AvgIpc) is 3.38. The Kier molecular flexibility index (Phi) is 5.95. The van der Waals surface area contributed by atoms with Crippen molar-refractivity contribution >= 4 is 11.9 Å². The lowest BCUT2D eigenvalue weighted by molar-refractivity contribution is -0.129. The molecule has 0 radical (unpaired) electrons. The second-order valence-electron chi connectivity index (χ2n) is 8.30. The van der Waals surface area contributed by atoms with Crippen LogP contribution < -0.4 is 24.7 Å². The van der Waals surface area contributed by atoms with Gasteiger partial charge in [-0.1, -0.05) is 12.1 Å². The van der Waals surface area contributed by atoms with E-state index in [2.05, 4.69) is 0 Å². The summed E-state index contributed by atoms with van der Waals surface area (Å²) in [5, 5.41) is 0. The molecule has 2 aromatic carbocycles. The lowest BCUT2D eigenvalue weighted by atomic mass is 10.1. The van der Waals surface area contributed by atoms with Crippen molar-refractivity contribution in [3.8, 4) is 23.0 Å². The first-order chi connectivity index (χ1) is 16.1. The molecule has 174 valence electrons. The molecular weight excluding hydrogens is 426 g/mol. The van der Waals surface area contributed by atoms with Crippen molar-refractivity contribution in [1.82, 2.24) is 9.80 Å². The Balaban J connectivity index is 1.36. The van der Waals surface area contributed by atoms with Gasteiger partial charge in [-0.3, -0.25) is 9.69 Å². The summed E-state index contributed by atoms with van der Waals surface area (Å²) in [4.78, 5) is 29.7. The van der Waals surface area contributed by atoms with Gasteiger partial charge in [0.15, 0.2) is 23.0 Å². The number of ether oxygens (including phenoxy) is 4. The summed E-state index contributed by atoms with van der Waals surface area (Å²) in [5.41, 5.74) is 7.34. The van der Waals surface area contributed by atoms with E-state index < -0.39 is 6.04 Å². The molecule has 0 saturated carbocycles. The fourth-order valence-electron chi connectivity index (χ4n) is 4.39. The lowest BCUT2D eigenvalue weighted by Crippen LogP contribution is -2.34. The highest BCUT2D eigenvalue weighted by molar-refractivity contribution is 6.04. The fourth-order valence-corrected chi connectivity index (χ4v) is 4.39. The number of amides is 3. The third-order valence-electron chi connectivity index (χ3n) is 6.07. The number of hydrogen-bond donors (Lipinski definition) is 1. The van der Waals surface area contributed by atoms with Gasteiger partial charge in [0.2, 0.25) is 6.79 Å². The number of imide groups is 1. The highest BCUT2D eigenvalue weighted by Crippen LogP contribution is 2.35. The number of fused-ring (bicyclic) bond motifs is 2. The van der Waals surface area contributed by atoms with Gasteiger partial charge in [-0.05, 0) is 61.2 Å². The second-order valence-corrected chi connectivity index (χ2v) is 8.30. The summed E-state index contributed by atoms with van der Waals surface area (Å²) < 4.78 is 22.1. The molecule has 33 heavy (non-hydrogen) atoms. The maximum atomic E-state index is 13.4. The van der Waals surface area contributed by atoms with Gasteiger partial charge in [0.1, 0.15) is 19.3 Å². The first kappa shape index (κ1) is 21.4. The van der Waals surface area contributed by atoms with Crippen molar-refractivity contribution in [3.63, 3.8) is 0 Å². The molecule has 1 saturated heterocycles. The van der Waals surface area contributed by atoms with Gasteiger partial charge in [0.25, 0.3) is 5.91 Å². The minimum atomic E-state index is -0.522. The first-order valence-electron chi connectivity index (χ1n) is 11.2. The summed E-state index contributed by atoms with van der Waals surface area (Å²) in [7, 11) is 0. The Morgan fingerprint density at radius 1 is 0.818 bits per heavy atom. The van der Waals surface area contributed by atoms with E-state index in [0.717, 1.165) is 24.0 Å². The highest BCUT2D eigenvalue weighted by atomic mass is 16.7. The topological polar surface area (TPSA) is 104 Å². The highest BCUT2D eigenvalue weighted by Gasteiger charge is 2.44. The fraction of sp³-hybridized carbons (Fsp3) is 0.417. The largest absolute Gasteiger partial charge is 0.486 e. The van der Waals surface area contributed by atoms with Crippen LogP contribution in [0.1, 0.15) is 30.4 Å². The lowest BCUT2D eigenvalue weighted by Gasteiger charge is -2.23. The molecule has 1 atom stereocenters. The third-order valence-corrected chi connectivity index (χ3v) is 6.07. The standard InChI is InChI=1S/C24H27N3O6/c25-8-2-1-3-18-23(28)27(14-17-5-7-20-22(12-17)33-15-32-20)24(29)26(18)13-16-4-6-19-21(11-16)31-10-9-30-19/h4-7,11-12,18H,1-3,8-10,13-15,25H2/t18-/m0/s1. The quantitative estimate of drug-likeness (QED) is 0.484. The van der Waals surface area contributed by atoms with Crippen LogP contribution in [-0.2, 0) is 17.9 Å². The zero-order chi connectivity index (χ0) is 22.8. The summed E-state index contributed by atoms with van der Waals surface area (Å²) >= 11 is 0. The van der Waals surface area contributed by atoms with E-state index in [4.69, 9.17) is 24.7 Å². The molecular formula is C24H27N3O6. The average molecular weight is 453 g/mol. The van der Waals surface area contributed by atoms with E-state index in [1.807, 2.05) is 30.3 Å². The molecule has 5 rings (SSSR count). The van der Waals surface area contributed by atoms with Crippen molar-refractivity contribution in [3.05, 3.63) is 47.5 Å². The Hall–Kier alpha value is -3.46.